The number of carbonyl (C=O) groups is 3. The van der Waals surface area contributed by atoms with Gasteiger partial charge in [-0.1, -0.05) is 15.9 Å². The van der Waals surface area contributed by atoms with Crippen molar-refractivity contribution in [3.8, 4) is 0 Å². The minimum atomic E-state index is -0.241. The number of nitrogens with zero attached hydrogens (tertiary/aromatic N) is 4. The number of methoxy groups -OCH3 is 2. The van der Waals surface area contributed by atoms with Gasteiger partial charge in [0.15, 0.2) is 5.05 Å². The summed E-state index contributed by atoms with van der Waals surface area (Å²) in [7, 11) is 4.78. The average molecular weight is 805 g/mol. The van der Waals surface area contributed by atoms with Crippen LogP contribution in [0.15, 0.2) is 4.99 Å². The predicted octanol–water partition coefficient (Wildman–Crippen LogP) is 0.305. The van der Waals surface area contributed by atoms with Crippen LogP contribution in [0.3, 0.4) is 0 Å². The van der Waals surface area contributed by atoms with Crippen molar-refractivity contribution in [2.45, 2.75) is 58.3 Å². The van der Waals surface area contributed by atoms with Crippen molar-refractivity contribution in [1.29, 1.82) is 0 Å². The van der Waals surface area contributed by atoms with E-state index >= 15 is 0 Å². The van der Waals surface area contributed by atoms with Crippen LogP contribution in [0, 0.1) is 0 Å². The summed E-state index contributed by atoms with van der Waals surface area (Å²) < 4.78 is 14.0. The molecule has 296 valence electrons. The van der Waals surface area contributed by atoms with Gasteiger partial charge >= 0.3 is 11.9 Å². The van der Waals surface area contributed by atoms with Gasteiger partial charge in [0.1, 0.15) is 11.9 Å². The number of thiocarbonyl (C=S) groups is 1. The Morgan fingerprint density at radius 2 is 1.26 bits per heavy atom. The van der Waals surface area contributed by atoms with E-state index < -0.39 is 0 Å². The molecular weight excluding hydrogens is 738 g/mol. The molecule has 0 aromatic carbocycles. The fourth-order valence-electron chi connectivity index (χ4n) is 4.62. The molecule has 0 aromatic rings. The number of esters is 2. The minimum absolute atomic E-state index is 0.0955. The Balaban J connectivity index is -0.000000541. The zero-order valence-corrected chi connectivity index (χ0v) is 33.4. The molecule has 0 aromatic heterocycles. The fourth-order valence-corrected chi connectivity index (χ4v) is 5.01. The van der Waals surface area contributed by atoms with E-state index in [1.807, 2.05) is 0 Å². The van der Waals surface area contributed by atoms with Gasteiger partial charge in [-0.25, -0.2) is 10.8 Å². The molecule has 18 heteroatoms. The number of halogens is 1. The molecule has 4 fully saturated rings. The summed E-state index contributed by atoms with van der Waals surface area (Å²) in [6, 6.07) is 0. The number of carbonyl (C=O) groups excluding carboxylic acids is 3. The van der Waals surface area contributed by atoms with Crippen LogP contribution in [0.2, 0.25) is 0 Å². The minimum Gasteiger partial charge on any atom is -0.468 e. The van der Waals surface area contributed by atoms with Crippen LogP contribution in [-0.4, -0.2) is 178 Å². The topological polar surface area (TPSA) is 212 Å². The van der Waals surface area contributed by atoms with Crippen LogP contribution >= 0.6 is 28.1 Å². The number of amides is 1. The number of hydrogen-bond donors (Lipinski definition) is 6. The normalized spacial score (nSPS) is 17.5. The first-order valence-corrected chi connectivity index (χ1v) is 18.6. The van der Waals surface area contributed by atoms with Gasteiger partial charge in [0.25, 0.3) is 0 Å². The van der Waals surface area contributed by atoms with Crippen LogP contribution in [0.1, 0.15) is 58.3 Å². The van der Waals surface area contributed by atoms with Crippen LogP contribution in [0.4, 0.5) is 0 Å². The first-order valence-electron chi connectivity index (χ1n) is 17.0. The van der Waals surface area contributed by atoms with Gasteiger partial charge in [-0.3, -0.25) is 34.5 Å². The zero-order chi connectivity index (χ0) is 38.4. The number of nitrogens with one attached hydrogen (secondary N) is 2. The second kappa shape index (κ2) is 39.9. The molecule has 5 heterocycles. The summed E-state index contributed by atoms with van der Waals surface area (Å²) in [6.45, 7) is 13.3. The second-order valence-corrected chi connectivity index (χ2v) is 11.8. The van der Waals surface area contributed by atoms with Gasteiger partial charge in [0, 0.05) is 20.8 Å². The number of rotatable bonds is 7. The molecule has 0 atom stereocenters. The first kappa shape index (κ1) is 52.5. The lowest BCUT2D eigenvalue weighted by Gasteiger charge is -2.12. The van der Waals surface area contributed by atoms with E-state index in [-0.39, 0.29) is 29.8 Å². The fraction of sp³-hybridized carbons (Fsp3) is 0.844. The van der Waals surface area contributed by atoms with Crippen molar-refractivity contribution in [3.05, 3.63) is 0 Å². The predicted molar refractivity (Wildman–Crippen MR) is 204 cm³/mol. The van der Waals surface area contributed by atoms with E-state index in [1.54, 1.807) is 6.92 Å². The Bertz CT molecular complexity index is 814. The molecule has 0 unspecified atom stereocenters. The van der Waals surface area contributed by atoms with Gasteiger partial charge in [0.05, 0.1) is 33.9 Å². The van der Waals surface area contributed by atoms with Crippen LogP contribution in [0.25, 0.3) is 0 Å². The Morgan fingerprint density at radius 3 is 1.56 bits per heavy atom. The number of hydrogen-bond acceptors (Lipinski definition) is 16. The molecule has 0 bridgehead atoms. The van der Waals surface area contributed by atoms with Crippen molar-refractivity contribution in [3.63, 3.8) is 0 Å². The van der Waals surface area contributed by atoms with E-state index in [4.69, 9.17) is 38.1 Å². The third-order valence-corrected chi connectivity index (χ3v) is 7.64. The molecule has 5 aliphatic heterocycles. The highest BCUT2D eigenvalue weighted by Gasteiger charge is 2.19. The van der Waals surface area contributed by atoms with Gasteiger partial charge in [-0.2, -0.15) is 0 Å². The Labute approximate surface area is 313 Å². The monoisotopic (exact) mass is 803 g/mol. The summed E-state index contributed by atoms with van der Waals surface area (Å²) in [5.41, 5.74) is 2.11. The average Bonchev–Trinajstić information content (AvgIpc) is 4.00. The molecule has 1 amide bonds. The highest BCUT2D eigenvalue weighted by atomic mass is 79.9. The van der Waals surface area contributed by atoms with Crippen molar-refractivity contribution >= 4 is 56.9 Å². The van der Waals surface area contributed by atoms with Crippen molar-refractivity contribution in [2.75, 3.05) is 119 Å². The standard InChI is InChI=1S/C8H12N2OS.C7H13NO2.C6H13N3O.C4H9N.C3H5BrO2.C2H6O.2CH4O/c12-8-5-9-7(11-8)6-10-3-1-2-4-10;1-10-7(9)6-8-4-2-3-5-8;7-8-6(10)5-9-3-1-2-4-9;1-2-4-5-3-1;1-6-3(5)2-4;1-2-3;2*1-2/h1-6H2;2-6H2,1H3;1-5,7H2,(H,8,10);5H,1-4H2;2H2,1H3;3H,2H2,1H3;2*2H,1H3. The molecule has 5 aliphatic rings. The number of nitrogens with two attached hydrogens (primary N) is 1. The Morgan fingerprint density at radius 1 is 0.840 bits per heavy atom. The van der Waals surface area contributed by atoms with Gasteiger partial charge in [-0.15, -0.1) is 0 Å². The number of aliphatic hydroxyl groups excluding tert-OH is 3. The molecule has 5 rings (SSSR count). The molecule has 50 heavy (non-hydrogen) atoms. The van der Waals surface area contributed by atoms with Crippen LogP contribution in [0.5, 0.6) is 0 Å². The number of aliphatic hydroxyl groups is 3. The number of aliphatic imine (C=N–C) groups is 1. The van der Waals surface area contributed by atoms with E-state index in [9.17, 15) is 14.4 Å². The smallest absolute Gasteiger partial charge is 0.319 e. The quantitative estimate of drug-likeness (QED) is 0.0511. The highest BCUT2D eigenvalue weighted by molar-refractivity contribution is 9.09. The maximum Gasteiger partial charge on any atom is 0.319 e. The van der Waals surface area contributed by atoms with Gasteiger partial charge in [-0.05, 0) is 123 Å². The number of ether oxygens (including phenoxy) is 3. The molecule has 16 nitrogen and oxygen atoms in total. The van der Waals surface area contributed by atoms with Crippen molar-refractivity contribution in [2.24, 2.45) is 10.8 Å². The van der Waals surface area contributed by atoms with Gasteiger partial charge in [0.2, 0.25) is 11.8 Å². The summed E-state index contributed by atoms with van der Waals surface area (Å²) in [5.74, 6) is 5.27. The first-order chi connectivity index (χ1) is 24.2. The second-order valence-electron chi connectivity index (χ2n) is 10.8. The lowest BCUT2D eigenvalue weighted by Crippen LogP contribution is -2.39. The molecular formula is C32H66BrN7O9S. The summed E-state index contributed by atoms with van der Waals surface area (Å²) in [6.07, 6.45) is 10.2. The van der Waals surface area contributed by atoms with Crippen molar-refractivity contribution < 1.29 is 43.9 Å². The van der Waals surface area contributed by atoms with E-state index in [0.717, 1.165) is 52.8 Å². The molecule has 0 aliphatic carbocycles. The van der Waals surface area contributed by atoms with Gasteiger partial charge < -0.3 is 34.8 Å². The summed E-state index contributed by atoms with van der Waals surface area (Å²) >= 11 is 7.78. The summed E-state index contributed by atoms with van der Waals surface area (Å²) in [4.78, 5) is 42.1. The summed E-state index contributed by atoms with van der Waals surface area (Å²) in [5, 5.41) is 25.7. The number of hydrazine groups is 1. The molecule has 0 radical (unpaired) electrons. The lowest BCUT2D eigenvalue weighted by molar-refractivity contribution is -0.141. The Kier molecular flexibility index (Phi) is 41.9. The highest BCUT2D eigenvalue weighted by Crippen LogP contribution is 2.09. The largest absolute Gasteiger partial charge is 0.468 e. The van der Waals surface area contributed by atoms with E-state index in [0.29, 0.717) is 24.7 Å². The maximum absolute atomic E-state index is 10.7. The molecule has 7 N–H and O–H groups in total. The SMILES string of the molecule is C1CCNC1.CCO.CO.CO.COC(=O)CBr.COC(=O)CN1CCCC1.NNC(=O)CN1CCCC1.S=C1CN=C(CN2CCCC2)O1. The zero-order valence-electron chi connectivity index (χ0n) is 31.0. The Hall–Kier alpha value is -1.87. The van der Waals surface area contributed by atoms with E-state index in [1.165, 1.54) is 91.8 Å². The molecule has 0 spiro atoms. The van der Waals surface area contributed by atoms with Crippen LogP contribution in [-0.2, 0) is 28.6 Å². The van der Waals surface area contributed by atoms with E-state index in [2.05, 4.69) is 55.8 Å². The molecule has 0 saturated carbocycles. The number of likely N-dealkylation sites (tertiary alicyclic amines) is 3. The number of alkyl halides is 1. The van der Waals surface area contributed by atoms with Crippen molar-refractivity contribution in [1.82, 2.24) is 25.4 Å². The van der Waals surface area contributed by atoms with Crippen LogP contribution < -0.4 is 16.6 Å². The molecule has 4 saturated heterocycles. The maximum atomic E-state index is 10.7. The lowest BCUT2D eigenvalue weighted by atomic mass is 10.4. The third-order valence-electron chi connectivity index (χ3n) is 6.97. The third kappa shape index (κ3) is 33.3.